The fraction of sp³-hybridized carbons (Fsp3) is 0.222. The predicted molar refractivity (Wildman–Crippen MR) is 94.0 cm³/mol. The summed E-state index contributed by atoms with van der Waals surface area (Å²) in [5.74, 6) is 0.227. The maximum atomic E-state index is 13.1. The zero-order valence-corrected chi connectivity index (χ0v) is 13.7. The van der Waals surface area contributed by atoms with E-state index in [1.54, 1.807) is 17.1 Å². The van der Waals surface area contributed by atoms with Crippen molar-refractivity contribution in [2.75, 3.05) is 10.6 Å². The van der Waals surface area contributed by atoms with Gasteiger partial charge < -0.3 is 10.6 Å². The van der Waals surface area contributed by atoms with Crippen molar-refractivity contribution < 1.29 is 4.79 Å². The van der Waals surface area contributed by atoms with Gasteiger partial charge in [-0.1, -0.05) is 24.3 Å². The van der Waals surface area contributed by atoms with Crippen LogP contribution in [0.3, 0.4) is 0 Å². The molecule has 1 aliphatic heterocycles. The molecule has 0 unspecified atom stereocenters. The molecule has 2 aromatic heterocycles. The summed E-state index contributed by atoms with van der Waals surface area (Å²) in [6, 6.07) is 12.9. The number of carbonyl (C=O) groups is 1. The van der Waals surface area contributed by atoms with E-state index in [0.717, 1.165) is 11.3 Å². The molecule has 0 radical (unpaired) electrons. The Labute approximate surface area is 145 Å². The van der Waals surface area contributed by atoms with Gasteiger partial charge in [-0.25, -0.2) is 4.68 Å². The highest BCUT2D eigenvalue weighted by molar-refractivity contribution is 5.94. The number of hydrogen-bond donors (Lipinski definition) is 2. The van der Waals surface area contributed by atoms with Gasteiger partial charge >= 0.3 is 0 Å². The number of nitrogens with one attached hydrogen (secondary N) is 2. The topological polar surface area (TPSA) is 84.7 Å². The molecule has 1 amide bonds. The highest BCUT2D eigenvalue weighted by Crippen LogP contribution is 2.36. The zero-order chi connectivity index (χ0) is 17.2. The molecule has 0 saturated heterocycles. The van der Waals surface area contributed by atoms with Crippen molar-refractivity contribution in [1.82, 2.24) is 19.7 Å². The minimum Gasteiger partial charge on any atom is -0.351 e. The van der Waals surface area contributed by atoms with Gasteiger partial charge in [0.2, 0.25) is 11.9 Å². The van der Waals surface area contributed by atoms with Gasteiger partial charge in [0.25, 0.3) is 0 Å². The lowest BCUT2D eigenvalue weighted by atomic mass is 9.86. The molecule has 7 heteroatoms. The Hall–Kier alpha value is -3.22. The van der Waals surface area contributed by atoms with E-state index >= 15 is 0 Å². The summed E-state index contributed by atoms with van der Waals surface area (Å²) in [5, 5.41) is 10.6. The van der Waals surface area contributed by atoms with Crippen LogP contribution in [-0.4, -0.2) is 31.7 Å². The Morgan fingerprint density at radius 2 is 2.04 bits per heavy atom. The smallest absolute Gasteiger partial charge is 0.232 e. The van der Waals surface area contributed by atoms with Crippen molar-refractivity contribution in [3.63, 3.8) is 0 Å². The van der Waals surface area contributed by atoms with E-state index < -0.39 is 0 Å². The molecule has 0 bridgehead atoms. The summed E-state index contributed by atoms with van der Waals surface area (Å²) < 4.78 is 1.76. The third kappa shape index (κ3) is 2.84. The quantitative estimate of drug-likeness (QED) is 0.768. The number of nitrogens with zero attached hydrogens (tertiary/aromatic N) is 4. The van der Waals surface area contributed by atoms with Crippen molar-refractivity contribution in [1.29, 1.82) is 0 Å². The SMILES string of the molecule is C[C@@H]1Nc2ncnn2[C@H](c2cccnc2)[C@H]1C(=O)Nc1ccccc1. The third-order valence-corrected chi connectivity index (χ3v) is 4.44. The van der Waals surface area contributed by atoms with Crippen molar-refractivity contribution in [3.05, 3.63) is 66.7 Å². The number of fused-ring (bicyclic) bond motifs is 1. The first-order valence-electron chi connectivity index (χ1n) is 8.16. The molecular weight excluding hydrogens is 316 g/mol. The number of aromatic nitrogens is 4. The second-order valence-corrected chi connectivity index (χ2v) is 6.07. The molecule has 25 heavy (non-hydrogen) atoms. The minimum absolute atomic E-state index is 0.0683. The molecule has 0 saturated carbocycles. The first-order chi connectivity index (χ1) is 12.2. The number of benzene rings is 1. The average Bonchev–Trinajstić information content (AvgIpc) is 3.10. The van der Waals surface area contributed by atoms with Gasteiger partial charge in [-0.05, 0) is 30.7 Å². The molecule has 1 aromatic carbocycles. The normalized spacial score (nSPS) is 21.9. The van der Waals surface area contributed by atoms with Crippen LogP contribution in [0.2, 0.25) is 0 Å². The number of hydrogen-bond acceptors (Lipinski definition) is 5. The van der Waals surface area contributed by atoms with Crippen molar-refractivity contribution in [2.45, 2.75) is 19.0 Å². The van der Waals surface area contributed by atoms with Crippen LogP contribution in [0.25, 0.3) is 0 Å². The van der Waals surface area contributed by atoms with Crippen molar-refractivity contribution >= 4 is 17.5 Å². The van der Waals surface area contributed by atoms with Gasteiger partial charge in [0.15, 0.2) is 0 Å². The summed E-state index contributed by atoms with van der Waals surface area (Å²) in [7, 11) is 0. The first-order valence-corrected chi connectivity index (χ1v) is 8.16. The number of amides is 1. The van der Waals surface area contributed by atoms with Crippen LogP contribution in [-0.2, 0) is 4.79 Å². The van der Waals surface area contributed by atoms with Crippen LogP contribution >= 0.6 is 0 Å². The Morgan fingerprint density at radius 1 is 1.20 bits per heavy atom. The monoisotopic (exact) mass is 334 g/mol. The maximum absolute atomic E-state index is 13.1. The third-order valence-electron chi connectivity index (χ3n) is 4.44. The van der Waals surface area contributed by atoms with Gasteiger partial charge in [-0.15, -0.1) is 0 Å². The largest absolute Gasteiger partial charge is 0.351 e. The fourth-order valence-corrected chi connectivity index (χ4v) is 3.29. The van der Waals surface area contributed by atoms with Crippen LogP contribution in [0.15, 0.2) is 61.2 Å². The zero-order valence-electron chi connectivity index (χ0n) is 13.7. The lowest BCUT2D eigenvalue weighted by Gasteiger charge is -2.36. The molecule has 0 aliphatic carbocycles. The number of rotatable bonds is 3. The summed E-state index contributed by atoms with van der Waals surface area (Å²) in [6.07, 6.45) is 4.99. The van der Waals surface area contributed by atoms with E-state index in [0.29, 0.717) is 5.95 Å². The second kappa shape index (κ2) is 6.35. The van der Waals surface area contributed by atoms with Gasteiger partial charge in [-0.3, -0.25) is 9.78 Å². The average molecular weight is 334 g/mol. The highest BCUT2D eigenvalue weighted by Gasteiger charge is 2.41. The Balaban J connectivity index is 1.72. The molecule has 7 nitrogen and oxygen atoms in total. The molecular formula is C18H18N6O. The van der Waals surface area contributed by atoms with Crippen LogP contribution in [0.4, 0.5) is 11.6 Å². The van der Waals surface area contributed by atoms with E-state index in [4.69, 9.17) is 0 Å². The molecule has 3 atom stereocenters. The number of anilines is 2. The summed E-state index contributed by atoms with van der Waals surface area (Å²) in [5.41, 5.74) is 1.70. The Bertz CT molecular complexity index is 864. The standard InChI is InChI=1S/C18H18N6O/c1-12-15(17(25)23-14-7-3-2-4-8-14)16(13-6-5-9-19-10-13)24-18(22-12)20-11-21-24/h2-12,15-16H,1H3,(H,23,25)(H,20,21,22)/t12-,15-,16+/m0/s1. The molecule has 2 N–H and O–H groups in total. The summed E-state index contributed by atoms with van der Waals surface area (Å²) in [4.78, 5) is 21.5. The van der Waals surface area contributed by atoms with E-state index in [9.17, 15) is 4.79 Å². The summed E-state index contributed by atoms with van der Waals surface area (Å²) >= 11 is 0. The van der Waals surface area contributed by atoms with Crippen molar-refractivity contribution in [2.24, 2.45) is 5.92 Å². The Kier molecular flexibility index (Phi) is 3.89. The van der Waals surface area contributed by atoms with Crippen molar-refractivity contribution in [3.8, 4) is 0 Å². The lowest BCUT2D eigenvalue weighted by molar-refractivity contribution is -0.121. The van der Waals surface area contributed by atoms with E-state index in [-0.39, 0.29) is 23.9 Å². The van der Waals surface area contributed by atoms with Crippen LogP contribution in [0.1, 0.15) is 18.5 Å². The predicted octanol–water partition coefficient (Wildman–Crippen LogP) is 2.33. The van der Waals surface area contributed by atoms with Crippen LogP contribution in [0, 0.1) is 5.92 Å². The molecule has 0 fully saturated rings. The lowest BCUT2D eigenvalue weighted by Crippen LogP contribution is -2.46. The van der Waals surface area contributed by atoms with Gasteiger partial charge in [0, 0.05) is 24.1 Å². The summed E-state index contributed by atoms with van der Waals surface area (Å²) in [6.45, 7) is 1.98. The second-order valence-electron chi connectivity index (χ2n) is 6.07. The van der Waals surface area contributed by atoms with Crippen LogP contribution < -0.4 is 10.6 Å². The maximum Gasteiger partial charge on any atom is 0.232 e. The number of carbonyl (C=O) groups excluding carboxylic acids is 1. The van der Waals surface area contributed by atoms with Gasteiger partial charge in [0.05, 0.1) is 12.0 Å². The highest BCUT2D eigenvalue weighted by atomic mass is 16.2. The van der Waals surface area contributed by atoms with E-state index in [1.165, 1.54) is 6.33 Å². The first kappa shape index (κ1) is 15.3. The van der Waals surface area contributed by atoms with Crippen LogP contribution in [0.5, 0.6) is 0 Å². The van der Waals surface area contributed by atoms with Gasteiger partial charge in [0.1, 0.15) is 6.33 Å². The van der Waals surface area contributed by atoms with Gasteiger partial charge in [-0.2, -0.15) is 10.1 Å². The molecule has 3 heterocycles. The molecule has 1 aliphatic rings. The molecule has 4 rings (SSSR count). The van der Waals surface area contributed by atoms with E-state index in [2.05, 4.69) is 25.7 Å². The number of pyridine rings is 1. The minimum atomic E-state index is -0.362. The van der Waals surface area contributed by atoms with E-state index in [1.807, 2.05) is 49.4 Å². The number of para-hydroxylation sites is 1. The fourth-order valence-electron chi connectivity index (χ4n) is 3.29. The molecule has 0 spiro atoms. The molecule has 3 aromatic rings. The molecule has 126 valence electrons. The Morgan fingerprint density at radius 3 is 2.80 bits per heavy atom.